The maximum absolute atomic E-state index is 7.62. The van der Waals surface area contributed by atoms with E-state index in [2.05, 4.69) is 110 Å². The van der Waals surface area contributed by atoms with E-state index >= 15 is 0 Å². The first-order valence-electron chi connectivity index (χ1n) is 5.92. The van der Waals surface area contributed by atoms with E-state index < -0.39 is 0 Å². The fourth-order valence-electron chi connectivity index (χ4n) is 0.0680. The molecule has 3 nitrogen and oxygen atoms in total. The third kappa shape index (κ3) is 40500. The highest BCUT2D eigenvalue weighted by Gasteiger charge is 1.58. The van der Waals surface area contributed by atoms with Crippen LogP contribution in [0.1, 0.15) is 0 Å². The van der Waals surface area contributed by atoms with Gasteiger partial charge in [-0.2, -0.15) is 0 Å². The van der Waals surface area contributed by atoms with Crippen LogP contribution in [0.25, 0.3) is 0 Å². The molecule has 0 amide bonds. The van der Waals surface area contributed by atoms with Crippen LogP contribution >= 0.6 is 0 Å². The lowest BCUT2D eigenvalue weighted by Crippen LogP contribution is -1.85. The van der Waals surface area contributed by atoms with E-state index in [0.717, 1.165) is 0 Å². The van der Waals surface area contributed by atoms with Crippen LogP contribution in [0, 0.1) is 0 Å². The van der Waals surface area contributed by atoms with Crippen molar-refractivity contribution in [3.05, 3.63) is 118 Å². The number of aliphatic hydroxyl groups is 2. The van der Waals surface area contributed by atoms with E-state index in [0.29, 0.717) is 0 Å². The third-order valence-corrected chi connectivity index (χ3v) is 0.292. The third-order valence-electron chi connectivity index (χ3n) is 0.292. The summed E-state index contributed by atoms with van der Waals surface area (Å²) in [7, 11) is 0. The first-order valence-corrected chi connectivity index (χ1v) is 5.92. The van der Waals surface area contributed by atoms with E-state index in [-0.39, 0.29) is 13.2 Å². The first kappa shape index (κ1) is 59.1. The maximum atomic E-state index is 7.62. The second kappa shape index (κ2) is 1160. The van der Waals surface area contributed by atoms with Gasteiger partial charge in [0.1, 0.15) is 0 Å². The van der Waals surface area contributed by atoms with E-state index in [1.807, 2.05) is 0 Å². The van der Waals surface area contributed by atoms with Crippen LogP contribution in [0.15, 0.2) is 118 Å². The second-order valence-corrected chi connectivity index (χ2v) is 0.917. The molecule has 0 radical (unpaired) electrons. The normalized spacial score (nSPS) is 3.74. The summed E-state index contributed by atoms with van der Waals surface area (Å²) in [6.07, 6.45) is 2.62. The summed E-state index contributed by atoms with van der Waals surface area (Å²) < 4.78 is 4.36. The minimum absolute atomic E-state index is 0.125. The molecule has 0 aromatic rings. The van der Waals surface area contributed by atoms with Crippen molar-refractivity contribution in [2.45, 2.75) is 0 Å². The van der Waals surface area contributed by atoms with Crippen molar-refractivity contribution >= 4 is 0 Å². The maximum Gasteiger partial charge on any atom is 0.0829 e. The molecule has 138 valence electrons. The molecule has 0 heterocycles. The van der Waals surface area contributed by atoms with Gasteiger partial charge in [-0.05, 0) is 0 Å². The van der Waals surface area contributed by atoms with E-state index in [9.17, 15) is 0 Å². The molecule has 3 heteroatoms. The van der Waals surface area contributed by atoms with Crippen LogP contribution < -0.4 is 0 Å². The number of aliphatic hydroxyl groups excluding tert-OH is 2. The summed E-state index contributed by atoms with van der Waals surface area (Å²) in [6.45, 7) is 48.3. The molecule has 0 saturated heterocycles. The Balaban J connectivity index is -0.0000000143. The minimum atomic E-state index is -0.125. The molecule has 0 atom stereocenters. The Labute approximate surface area is 146 Å². The molecule has 0 saturated carbocycles. The zero-order valence-electron chi connectivity index (χ0n) is 15.2. The SMILES string of the molecule is C=C.C=C.C=C.C=C.C=C.C=C.C=C.C=COC=C.OCCO. The number of rotatable bonds is 3. The summed E-state index contributed by atoms with van der Waals surface area (Å²) in [5.74, 6) is 0. The van der Waals surface area contributed by atoms with Crippen LogP contribution in [-0.2, 0) is 4.74 Å². The predicted molar refractivity (Wildman–Crippen MR) is 114 cm³/mol. The first-order chi connectivity index (χ1) is 11.3. The summed E-state index contributed by atoms with van der Waals surface area (Å²) in [5.41, 5.74) is 0. The lowest BCUT2D eigenvalue weighted by Gasteiger charge is -1.76. The standard InChI is InChI=1S/C4H6O.C2H6O2.7C2H4/c1-3-5-4-2;3-1-2-4;7*1-2/h3-4H,1-2H2;3-4H,1-2H2;7*1-2H2. The highest BCUT2D eigenvalue weighted by Crippen LogP contribution is 1.65. The molecule has 0 aliphatic rings. The minimum Gasteiger partial charge on any atom is -0.474 e. The van der Waals surface area contributed by atoms with Crippen molar-refractivity contribution in [3.63, 3.8) is 0 Å². The van der Waals surface area contributed by atoms with Crippen molar-refractivity contribution in [1.29, 1.82) is 0 Å². The monoisotopic (exact) mass is 328 g/mol. The summed E-state index contributed by atoms with van der Waals surface area (Å²) in [6, 6.07) is 0. The van der Waals surface area contributed by atoms with Gasteiger partial charge in [-0.15, -0.1) is 92.1 Å². The Morgan fingerprint density at radius 3 is 0.609 bits per heavy atom. The van der Waals surface area contributed by atoms with Crippen LogP contribution in [0.3, 0.4) is 0 Å². The molecule has 0 bridgehead atoms. The van der Waals surface area contributed by atoms with Gasteiger partial charge in [-0.3, -0.25) is 0 Å². The van der Waals surface area contributed by atoms with Crippen LogP contribution in [0.2, 0.25) is 0 Å². The van der Waals surface area contributed by atoms with Crippen LogP contribution in [-0.4, -0.2) is 23.4 Å². The molecule has 0 fully saturated rings. The van der Waals surface area contributed by atoms with Crippen molar-refractivity contribution in [3.8, 4) is 0 Å². The Morgan fingerprint density at radius 2 is 0.609 bits per heavy atom. The Morgan fingerprint density at radius 1 is 0.478 bits per heavy atom. The largest absolute Gasteiger partial charge is 0.474 e. The average Bonchev–Trinajstić information content (AvgIpc) is 2.73. The molecule has 0 rings (SSSR count). The second-order valence-electron chi connectivity index (χ2n) is 0.917. The van der Waals surface area contributed by atoms with Crippen molar-refractivity contribution < 1.29 is 14.9 Å². The number of ether oxygens (including phenoxy) is 1. The van der Waals surface area contributed by atoms with Crippen molar-refractivity contribution in [2.24, 2.45) is 0 Å². The molecule has 0 aliphatic heterocycles. The molecular weight excluding hydrogens is 288 g/mol. The molecule has 0 aromatic carbocycles. The van der Waals surface area contributed by atoms with E-state index in [1.54, 1.807) is 0 Å². The molecular formula is C20H40O3. The van der Waals surface area contributed by atoms with Gasteiger partial charge >= 0.3 is 0 Å². The van der Waals surface area contributed by atoms with Gasteiger partial charge in [0.15, 0.2) is 0 Å². The highest BCUT2D eigenvalue weighted by atomic mass is 16.5. The zero-order chi connectivity index (χ0) is 21.5. The fourth-order valence-corrected chi connectivity index (χ4v) is 0.0680. The fraction of sp³-hybridized carbons (Fsp3) is 0.100. The Kier molecular flexibility index (Phi) is 2970. The Bertz CT molecular complexity index is 109. The Hall–Kier alpha value is -2.62. The quantitative estimate of drug-likeness (QED) is 0.502. The summed E-state index contributed by atoms with van der Waals surface area (Å²) in [5, 5.41) is 15.2. The molecule has 0 aliphatic carbocycles. The molecule has 2 N–H and O–H groups in total. The lowest BCUT2D eigenvalue weighted by atomic mass is 10.8. The topological polar surface area (TPSA) is 49.7 Å². The van der Waals surface area contributed by atoms with Crippen molar-refractivity contribution in [2.75, 3.05) is 13.2 Å². The highest BCUT2D eigenvalue weighted by molar-refractivity contribution is 4.57. The molecule has 0 spiro atoms. The predicted octanol–water partition coefficient (Wildman–Crippen LogP) is 5.88. The lowest BCUT2D eigenvalue weighted by molar-refractivity contribution is 0.186. The molecule has 23 heavy (non-hydrogen) atoms. The van der Waals surface area contributed by atoms with Gasteiger partial charge in [-0.25, -0.2) is 0 Å². The van der Waals surface area contributed by atoms with E-state index in [4.69, 9.17) is 10.2 Å². The number of hydrogen-bond acceptors (Lipinski definition) is 3. The van der Waals surface area contributed by atoms with Gasteiger partial charge in [0.05, 0.1) is 25.7 Å². The van der Waals surface area contributed by atoms with Crippen molar-refractivity contribution in [1.82, 2.24) is 0 Å². The molecule has 0 unspecified atom stereocenters. The van der Waals surface area contributed by atoms with Gasteiger partial charge < -0.3 is 14.9 Å². The zero-order valence-corrected chi connectivity index (χ0v) is 15.2. The number of hydrogen-bond donors (Lipinski definition) is 2. The summed E-state index contributed by atoms with van der Waals surface area (Å²) in [4.78, 5) is 0. The molecule has 0 aromatic heterocycles. The average molecular weight is 329 g/mol. The van der Waals surface area contributed by atoms with Crippen LogP contribution in [0.4, 0.5) is 0 Å². The van der Waals surface area contributed by atoms with Gasteiger partial charge in [0.2, 0.25) is 0 Å². The van der Waals surface area contributed by atoms with Crippen LogP contribution in [0.5, 0.6) is 0 Å². The van der Waals surface area contributed by atoms with Gasteiger partial charge in [0, 0.05) is 0 Å². The van der Waals surface area contributed by atoms with Gasteiger partial charge in [0.25, 0.3) is 0 Å². The smallest absolute Gasteiger partial charge is 0.0829 e. The van der Waals surface area contributed by atoms with E-state index in [1.165, 1.54) is 12.5 Å². The summed E-state index contributed by atoms with van der Waals surface area (Å²) >= 11 is 0. The van der Waals surface area contributed by atoms with Gasteiger partial charge in [-0.1, -0.05) is 13.2 Å².